The number of sulfonamides is 1. The Morgan fingerprint density at radius 3 is 2.24 bits per heavy atom. The molecule has 1 N–H and O–H groups in total. The Labute approximate surface area is 124 Å². The molecule has 2 atom stereocenters. The highest BCUT2D eigenvalue weighted by Gasteiger charge is 2.32. The maximum atomic E-state index is 12.7. The lowest BCUT2D eigenvalue weighted by molar-refractivity contribution is 0.0649. The number of H-pyrrole nitrogens is 1. The standard InChI is InChI=1S/C13H21N3O4S/c17-21(18,13-7-14-15-8-13)16(9-11-3-1-5-19-11)10-12-4-2-6-20-12/h7-8,11-12H,1-6,9-10H2,(H,14,15). The predicted molar refractivity (Wildman–Crippen MR) is 75.3 cm³/mol. The highest BCUT2D eigenvalue weighted by molar-refractivity contribution is 7.89. The number of hydrogen-bond donors (Lipinski definition) is 1. The molecule has 118 valence electrons. The van der Waals surface area contributed by atoms with Gasteiger partial charge < -0.3 is 9.47 Å². The molecular formula is C13H21N3O4S. The van der Waals surface area contributed by atoms with E-state index in [4.69, 9.17) is 9.47 Å². The van der Waals surface area contributed by atoms with Crippen molar-refractivity contribution in [1.82, 2.24) is 14.5 Å². The third-order valence-corrected chi connectivity index (χ3v) is 5.77. The molecule has 21 heavy (non-hydrogen) atoms. The molecule has 3 rings (SSSR count). The first-order valence-electron chi connectivity index (χ1n) is 7.38. The molecule has 0 bridgehead atoms. The normalized spacial score (nSPS) is 26.7. The number of hydrogen-bond acceptors (Lipinski definition) is 5. The van der Waals surface area contributed by atoms with Crippen LogP contribution in [-0.4, -0.2) is 61.4 Å². The van der Waals surface area contributed by atoms with Crippen LogP contribution in [0.25, 0.3) is 0 Å². The first-order chi connectivity index (χ1) is 10.2. The monoisotopic (exact) mass is 315 g/mol. The molecule has 0 amide bonds. The van der Waals surface area contributed by atoms with Crippen molar-refractivity contribution in [2.24, 2.45) is 0 Å². The van der Waals surface area contributed by atoms with Crippen LogP contribution < -0.4 is 0 Å². The molecule has 0 aromatic carbocycles. The van der Waals surface area contributed by atoms with E-state index in [2.05, 4.69) is 10.2 Å². The molecule has 7 nitrogen and oxygen atoms in total. The summed E-state index contributed by atoms with van der Waals surface area (Å²) in [6, 6.07) is 0. The summed E-state index contributed by atoms with van der Waals surface area (Å²) in [5.41, 5.74) is 0. The average Bonchev–Trinajstić information content (AvgIpc) is 3.22. The zero-order chi connectivity index (χ0) is 14.7. The van der Waals surface area contributed by atoms with Gasteiger partial charge >= 0.3 is 0 Å². The van der Waals surface area contributed by atoms with Crippen LogP contribution in [0.15, 0.2) is 17.3 Å². The van der Waals surface area contributed by atoms with Gasteiger partial charge in [-0.3, -0.25) is 5.10 Å². The molecular weight excluding hydrogens is 294 g/mol. The third kappa shape index (κ3) is 3.45. The Kier molecular flexibility index (Phi) is 4.58. The number of rotatable bonds is 6. The fourth-order valence-corrected chi connectivity index (χ4v) is 4.24. The molecule has 2 aliphatic rings. The summed E-state index contributed by atoms with van der Waals surface area (Å²) < 4.78 is 38.1. The summed E-state index contributed by atoms with van der Waals surface area (Å²) in [5, 5.41) is 6.30. The lowest BCUT2D eigenvalue weighted by atomic mass is 10.2. The smallest absolute Gasteiger partial charge is 0.246 e. The highest BCUT2D eigenvalue weighted by atomic mass is 32.2. The van der Waals surface area contributed by atoms with Crippen molar-refractivity contribution < 1.29 is 17.9 Å². The van der Waals surface area contributed by atoms with E-state index in [1.54, 1.807) is 0 Å². The van der Waals surface area contributed by atoms with Gasteiger partial charge in [-0.15, -0.1) is 0 Å². The van der Waals surface area contributed by atoms with Crippen molar-refractivity contribution in [2.45, 2.75) is 42.8 Å². The number of aromatic nitrogens is 2. The number of ether oxygens (including phenoxy) is 2. The van der Waals surface area contributed by atoms with Crippen LogP contribution >= 0.6 is 0 Å². The van der Waals surface area contributed by atoms with E-state index in [1.807, 2.05) is 0 Å². The number of aromatic amines is 1. The lowest BCUT2D eigenvalue weighted by Gasteiger charge is -2.26. The minimum absolute atomic E-state index is 0.0203. The van der Waals surface area contributed by atoms with Gasteiger partial charge in [-0.2, -0.15) is 9.40 Å². The Balaban J connectivity index is 1.76. The van der Waals surface area contributed by atoms with Crippen LogP contribution in [0, 0.1) is 0 Å². The van der Waals surface area contributed by atoms with Crippen molar-refractivity contribution in [1.29, 1.82) is 0 Å². The van der Waals surface area contributed by atoms with E-state index in [0.29, 0.717) is 26.3 Å². The van der Waals surface area contributed by atoms with E-state index < -0.39 is 10.0 Å². The SMILES string of the molecule is O=S(=O)(c1cn[nH]c1)N(CC1CCCO1)CC1CCCO1. The van der Waals surface area contributed by atoms with Gasteiger partial charge in [-0.05, 0) is 25.7 Å². The zero-order valence-corrected chi connectivity index (χ0v) is 12.7. The first-order valence-corrected chi connectivity index (χ1v) is 8.82. The second kappa shape index (κ2) is 6.43. The largest absolute Gasteiger partial charge is 0.377 e. The maximum absolute atomic E-state index is 12.7. The van der Waals surface area contributed by atoms with Gasteiger partial charge in [-0.25, -0.2) is 8.42 Å². The van der Waals surface area contributed by atoms with Gasteiger partial charge in [-0.1, -0.05) is 0 Å². The van der Waals surface area contributed by atoms with Crippen molar-refractivity contribution in [2.75, 3.05) is 26.3 Å². The van der Waals surface area contributed by atoms with E-state index in [-0.39, 0.29) is 17.1 Å². The van der Waals surface area contributed by atoms with Crippen LogP contribution in [0.3, 0.4) is 0 Å². The predicted octanol–water partition coefficient (Wildman–Crippen LogP) is 0.758. The Hall–Kier alpha value is -0.960. The van der Waals surface area contributed by atoms with Gasteiger partial charge in [0.1, 0.15) is 4.90 Å². The molecule has 2 fully saturated rings. The Morgan fingerprint density at radius 1 is 1.19 bits per heavy atom. The van der Waals surface area contributed by atoms with E-state index >= 15 is 0 Å². The van der Waals surface area contributed by atoms with Crippen LogP contribution in [0.5, 0.6) is 0 Å². The van der Waals surface area contributed by atoms with E-state index in [9.17, 15) is 8.42 Å². The maximum Gasteiger partial charge on any atom is 0.246 e. The van der Waals surface area contributed by atoms with Gasteiger partial charge in [0.2, 0.25) is 10.0 Å². The second-order valence-electron chi connectivity index (χ2n) is 5.53. The Morgan fingerprint density at radius 2 is 1.81 bits per heavy atom. The second-order valence-corrected chi connectivity index (χ2v) is 7.46. The molecule has 3 heterocycles. The molecule has 0 radical (unpaired) electrons. The Bertz CT molecular complexity index is 516. The molecule has 2 saturated heterocycles. The quantitative estimate of drug-likeness (QED) is 0.838. The molecule has 0 spiro atoms. The minimum atomic E-state index is -3.55. The summed E-state index contributed by atoms with van der Waals surface area (Å²) in [7, 11) is -3.55. The summed E-state index contributed by atoms with van der Waals surface area (Å²) in [6.07, 6.45) is 6.50. The van der Waals surface area contributed by atoms with Crippen molar-refractivity contribution in [3.05, 3.63) is 12.4 Å². The topological polar surface area (TPSA) is 84.5 Å². The van der Waals surface area contributed by atoms with Gasteiger partial charge in [0, 0.05) is 32.5 Å². The fraction of sp³-hybridized carbons (Fsp3) is 0.769. The van der Waals surface area contributed by atoms with Crippen LogP contribution in [0.2, 0.25) is 0 Å². The molecule has 8 heteroatoms. The summed E-state index contributed by atoms with van der Waals surface area (Å²) in [6.45, 7) is 2.19. The summed E-state index contributed by atoms with van der Waals surface area (Å²) >= 11 is 0. The van der Waals surface area contributed by atoms with Crippen LogP contribution in [-0.2, 0) is 19.5 Å². The fourth-order valence-electron chi connectivity index (χ4n) is 2.83. The van der Waals surface area contributed by atoms with Crippen molar-refractivity contribution >= 4 is 10.0 Å². The molecule has 1 aromatic rings. The van der Waals surface area contributed by atoms with Gasteiger partial charge in [0.05, 0.1) is 18.4 Å². The van der Waals surface area contributed by atoms with Crippen molar-refractivity contribution in [3.63, 3.8) is 0 Å². The number of nitrogens with zero attached hydrogens (tertiary/aromatic N) is 2. The lowest BCUT2D eigenvalue weighted by Crippen LogP contribution is -2.41. The van der Waals surface area contributed by atoms with Crippen LogP contribution in [0.4, 0.5) is 0 Å². The van der Waals surface area contributed by atoms with E-state index in [1.165, 1.54) is 16.7 Å². The van der Waals surface area contributed by atoms with E-state index in [0.717, 1.165) is 25.7 Å². The van der Waals surface area contributed by atoms with Gasteiger partial charge in [0.15, 0.2) is 0 Å². The summed E-state index contributed by atoms with van der Waals surface area (Å²) in [5.74, 6) is 0. The molecule has 2 unspecified atom stereocenters. The zero-order valence-electron chi connectivity index (χ0n) is 11.9. The first kappa shape index (κ1) is 15.0. The summed E-state index contributed by atoms with van der Waals surface area (Å²) in [4.78, 5) is 0.193. The third-order valence-electron chi connectivity index (χ3n) is 3.97. The number of nitrogens with one attached hydrogen (secondary N) is 1. The molecule has 0 saturated carbocycles. The minimum Gasteiger partial charge on any atom is -0.377 e. The van der Waals surface area contributed by atoms with Gasteiger partial charge in [0.25, 0.3) is 0 Å². The average molecular weight is 315 g/mol. The molecule has 0 aliphatic carbocycles. The van der Waals surface area contributed by atoms with Crippen LogP contribution in [0.1, 0.15) is 25.7 Å². The van der Waals surface area contributed by atoms with Crippen molar-refractivity contribution in [3.8, 4) is 0 Å². The highest BCUT2D eigenvalue weighted by Crippen LogP contribution is 2.22. The molecule has 2 aliphatic heterocycles. The molecule has 1 aromatic heterocycles.